The summed E-state index contributed by atoms with van der Waals surface area (Å²) in [5.74, 6) is 1.74. The maximum atomic E-state index is 5.62. The van der Waals surface area contributed by atoms with Crippen molar-refractivity contribution in [3.63, 3.8) is 0 Å². The molecule has 0 aliphatic heterocycles. The lowest BCUT2D eigenvalue weighted by Crippen LogP contribution is -2.17. The van der Waals surface area contributed by atoms with Gasteiger partial charge in [0.1, 0.15) is 0 Å². The number of nitrogens with two attached hydrogens (primary N) is 1. The lowest BCUT2D eigenvalue weighted by molar-refractivity contribution is 0.0547. The standard InChI is InChI=1S/C31H38BrN7O2/c32-27-13-11-24(12-14-27)23-36-31-38-29(37-30(39-31)35-18-20-41-22-21-40-19-16-33)34-17-15-28(25-7-3-1-4-8-25)26-9-5-2-6-10-26/h1-14,28H,15-23,33H2,(H3,34,35,36,37,38,39). The van der Waals surface area contributed by atoms with Crippen LogP contribution in [0.15, 0.2) is 89.4 Å². The van der Waals surface area contributed by atoms with Gasteiger partial charge in [-0.15, -0.1) is 0 Å². The highest BCUT2D eigenvalue weighted by Crippen LogP contribution is 2.27. The van der Waals surface area contributed by atoms with Gasteiger partial charge >= 0.3 is 0 Å². The molecule has 0 aliphatic carbocycles. The molecule has 3 aromatic carbocycles. The summed E-state index contributed by atoms with van der Waals surface area (Å²) in [6.07, 6.45) is 0.879. The van der Waals surface area contributed by atoms with Crippen molar-refractivity contribution in [1.29, 1.82) is 0 Å². The SMILES string of the molecule is NCCOCCOCCNc1nc(NCCC(c2ccccc2)c2ccccc2)nc(NCc2ccc(Br)cc2)n1. The number of benzene rings is 3. The molecular formula is C31H38BrN7O2. The zero-order valence-electron chi connectivity index (χ0n) is 23.1. The first-order chi connectivity index (χ1) is 20.2. The summed E-state index contributed by atoms with van der Waals surface area (Å²) in [5, 5.41) is 10.0. The molecule has 10 heteroatoms. The molecular weight excluding hydrogens is 582 g/mol. The van der Waals surface area contributed by atoms with E-state index in [1.165, 1.54) is 11.1 Å². The fourth-order valence-corrected chi connectivity index (χ4v) is 4.53. The van der Waals surface area contributed by atoms with Crippen molar-refractivity contribution in [3.8, 4) is 0 Å². The van der Waals surface area contributed by atoms with Crippen molar-refractivity contribution in [2.24, 2.45) is 5.73 Å². The van der Waals surface area contributed by atoms with E-state index < -0.39 is 0 Å². The summed E-state index contributed by atoms with van der Waals surface area (Å²) in [7, 11) is 0. The lowest BCUT2D eigenvalue weighted by Gasteiger charge is -2.19. The molecule has 0 radical (unpaired) electrons. The van der Waals surface area contributed by atoms with Gasteiger partial charge in [-0.05, 0) is 35.2 Å². The molecule has 0 spiro atoms. The predicted octanol–water partition coefficient (Wildman–Crippen LogP) is 5.28. The molecule has 4 rings (SSSR count). The predicted molar refractivity (Wildman–Crippen MR) is 168 cm³/mol. The second-order valence-corrected chi connectivity index (χ2v) is 10.2. The summed E-state index contributed by atoms with van der Waals surface area (Å²) in [4.78, 5) is 13.8. The molecule has 0 atom stereocenters. The summed E-state index contributed by atoms with van der Waals surface area (Å²) in [6, 6.07) is 29.3. The number of halogens is 1. The monoisotopic (exact) mass is 619 g/mol. The van der Waals surface area contributed by atoms with E-state index in [4.69, 9.17) is 15.2 Å². The van der Waals surface area contributed by atoms with Crippen LogP contribution < -0.4 is 21.7 Å². The average molecular weight is 621 g/mol. The Morgan fingerprint density at radius 2 is 1.17 bits per heavy atom. The van der Waals surface area contributed by atoms with Gasteiger partial charge in [0, 0.05) is 36.6 Å². The van der Waals surface area contributed by atoms with Crippen molar-refractivity contribution >= 4 is 33.8 Å². The third kappa shape index (κ3) is 10.7. The van der Waals surface area contributed by atoms with Crippen molar-refractivity contribution in [2.75, 3.05) is 62.0 Å². The van der Waals surface area contributed by atoms with E-state index in [-0.39, 0.29) is 5.92 Å². The number of hydrogen-bond donors (Lipinski definition) is 4. The number of aromatic nitrogens is 3. The van der Waals surface area contributed by atoms with E-state index in [0.29, 0.717) is 70.5 Å². The number of ether oxygens (including phenoxy) is 2. The normalized spacial score (nSPS) is 11.0. The van der Waals surface area contributed by atoms with Gasteiger partial charge in [0.15, 0.2) is 0 Å². The largest absolute Gasteiger partial charge is 0.378 e. The number of anilines is 3. The average Bonchev–Trinajstić information content (AvgIpc) is 3.01. The molecule has 0 saturated heterocycles. The van der Waals surface area contributed by atoms with Crippen LogP contribution in [0.4, 0.5) is 17.8 Å². The number of rotatable bonds is 18. The topological polar surface area (TPSA) is 119 Å². The minimum Gasteiger partial charge on any atom is -0.378 e. The summed E-state index contributed by atoms with van der Waals surface area (Å²) >= 11 is 3.48. The second kappa shape index (κ2) is 17.3. The van der Waals surface area contributed by atoms with Gasteiger partial charge in [-0.2, -0.15) is 15.0 Å². The lowest BCUT2D eigenvalue weighted by atomic mass is 9.88. The first-order valence-electron chi connectivity index (χ1n) is 13.9. The van der Waals surface area contributed by atoms with Crippen LogP contribution in [0.2, 0.25) is 0 Å². The molecule has 0 fully saturated rings. The van der Waals surface area contributed by atoms with Gasteiger partial charge in [0.2, 0.25) is 17.8 Å². The van der Waals surface area contributed by atoms with Crippen molar-refractivity contribution in [2.45, 2.75) is 18.9 Å². The molecule has 1 aromatic heterocycles. The zero-order valence-corrected chi connectivity index (χ0v) is 24.7. The van der Waals surface area contributed by atoms with Crippen LogP contribution in [0.3, 0.4) is 0 Å². The van der Waals surface area contributed by atoms with E-state index in [9.17, 15) is 0 Å². The Kier molecular flexibility index (Phi) is 12.8. The van der Waals surface area contributed by atoms with Gasteiger partial charge in [-0.1, -0.05) is 88.7 Å². The third-order valence-corrected chi connectivity index (χ3v) is 6.81. The Bertz CT molecular complexity index is 1240. The van der Waals surface area contributed by atoms with Crippen LogP contribution >= 0.6 is 15.9 Å². The molecule has 0 aliphatic rings. The van der Waals surface area contributed by atoms with E-state index >= 15 is 0 Å². The van der Waals surface area contributed by atoms with Crippen LogP contribution in [-0.4, -0.2) is 61.0 Å². The first kappa shape index (κ1) is 30.4. The molecule has 0 saturated carbocycles. The molecule has 0 unspecified atom stereocenters. The van der Waals surface area contributed by atoms with E-state index in [2.05, 4.69) is 107 Å². The minimum absolute atomic E-state index is 0.255. The highest BCUT2D eigenvalue weighted by molar-refractivity contribution is 9.10. The second-order valence-electron chi connectivity index (χ2n) is 9.32. The van der Waals surface area contributed by atoms with E-state index in [1.807, 2.05) is 24.3 Å². The van der Waals surface area contributed by atoms with Gasteiger partial charge < -0.3 is 31.2 Å². The molecule has 4 aromatic rings. The molecule has 0 bridgehead atoms. The molecule has 41 heavy (non-hydrogen) atoms. The van der Waals surface area contributed by atoms with Crippen molar-refractivity contribution in [1.82, 2.24) is 15.0 Å². The number of nitrogens with zero attached hydrogens (tertiary/aromatic N) is 3. The zero-order chi connectivity index (χ0) is 28.5. The van der Waals surface area contributed by atoms with Crippen LogP contribution in [0.5, 0.6) is 0 Å². The Hall–Kier alpha value is -3.57. The smallest absolute Gasteiger partial charge is 0.229 e. The molecule has 1 heterocycles. The highest BCUT2D eigenvalue weighted by Gasteiger charge is 2.14. The Morgan fingerprint density at radius 1 is 0.634 bits per heavy atom. The van der Waals surface area contributed by atoms with Gasteiger partial charge in [0.25, 0.3) is 0 Å². The van der Waals surface area contributed by atoms with Crippen LogP contribution in [0, 0.1) is 0 Å². The first-order valence-corrected chi connectivity index (χ1v) is 14.7. The maximum Gasteiger partial charge on any atom is 0.229 e. The van der Waals surface area contributed by atoms with E-state index in [0.717, 1.165) is 16.5 Å². The number of hydrogen-bond acceptors (Lipinski definition) is 9. The fraction of sp³-hybridized carbons (Fsp3) is 0.323. The highest BCUT2D eigenvalue weighted by atomic mass is 79.9. The molecule has 9 nitrogen and oxygen atoms in total. The Morgan fingerprint density at radius 3 is 1.76 bits per heavy atom. The van der Waals surface area contributed by atoms with E-state index in [1.54, 1.807) is 0 Å². The Balaban J connectivity index is 1.39. The number of nitrogens with one attached hydrogen (secondary N) is 3. The summed E-state index contributed by atoms with van der Waals surface area (Å²) < 4.78 is 12.0. The quantitative estimate of drug-likeness (QED) is 0.110. The van der Waals surface area contributed by atoms with Crippen LogP contribution in [0.1, 0.15) is 29.0 Å². The molecule has 5 N–H and O–H groups in total. The van der Waals surface area contributed by atoms with Crippen molar-refractivity contribution in [3.05, 3.63) is 106 Å². The van der Waals surface area contributed by atoms with Crippen molar-refractivity contribution < 1.29 is 9.47 Å². The summed E-state index contributed by atoms with van der Waals surface area (Å²) in [6.45, 7) is 4.41. The summed E-state index contributed by atoms with van der Waals surface area (Å²) in [5.41, 5.74) is 9.12. The molecule has 216 valence electrons. The molecule has 0 amide bonds. The maximum absolute atomic E-state index is 5.62. The van der Waals surface area contributed by atoms with Crippen LogP contribution in [-0.2, 0) is 16.0 Å². The fourth-order valence-electron chi connectivity index (χ4n) is 4.26. The van der Waals surface area contributed by atoms with Gasteiger partial charge in [-0.25, -0.2) is 0 Å². The minimum atomic E-state index is 0.255. The Labute approximate surface area is 250 Å². The van der Waals surface area contributed by atoms with Crippen LogP contribution in [0.25, 0.3) is 0 Å². The van der Waals surface area contributed by atoms with Gasteiger partial charge in [-0.3, -0.25) is 0 Å². The van der Waals surface area contributed by atoms with Gasteiger partial charge in [0.05, 0.1) is 26.4 Å². The third-order valence-electron chi connectivity index (χ3n) is 6.28.